The normalized spacial score (nSPS) is 35.2. The number of ether oxygens (including phenoxy) is 2. The highest BCUT2D eigenvalue weighted by molar-refractivity contribution is 14.0. The van der Waals surface area contributed by atoms with Gasteiger partial charge in [0.15, 0.2) is 5.96 Å². The van der Waals surface area contributed by atoms with Gasteiger partial charge in [0, 0.05) is 38.3 Å². The van der Waals surface area contributed by atoms with Crippen LogP contribution in [0, 0.1) is 5.41 Å². The molecule has 2 aliphatic carbocycles. The minimum atomic E-state index is -0.0424. The molecule has 0 aromatic carbocycles. The molecule has 6 heteroatoms. The molecule has 1 saturated heterocycles. The van der Waals surface area contributed by atoms with Crippen LogP contribution < -0.4 is 10.6 Å². The molecule has 0 aromatic heterocycles. The number of rotatable bonds is 5. The maximum absolute atomic E-state index is 5.92. The summed E-state index contributed by atoms with van der Waals surface area (Å²) >= 11 is 0. The Morgan fingerprint density at radius 3 is 2.61 bits per heavy atom. The van der Waals surface area contributed by atoms with Gasteiger partial charge in [0.2, 0.25) is 0 Å². The smallest absolute Gasteiger partial charge is 0.191 e. The quantitative estimate of drug-likeness (QED) is 0.395. The number of aliphatic imine (C=N–C) groups is 1. The van der Waals surface area contributed by atoms with Crippen LogP contribution in [-0.4, -0.2) is 50.5 Å². The van der Waals surface area contributed by atoms with Crippen LogP contribution in [0.3, 0.4) is 0 Å². The van der Waals surface area contributed by atoms with Gasteiger partial charge in [-0.3, -0.25) is 4.99 Å². The Balaban J connectivity index is 0.00000192. The van der Waals surface area contributed by atoms with E-state index in [0.717, 1.165) is 45.0 Å². The molecular weight excluding hydrogens is 405 g/mol. The predicted octanol–water partition coefficient (Wildman–Crippen LogP) is 2.69. The molecule has 3 atom stereocenters. The van der Waals surface area contributed by atoms with E-state index in [1.54, 1.807) is 0 Å². The monoisotopic (exact) mass is 437 g/mol. The highest BCUT2D eigenvalue weighted by atomic mass is 127. The molecule has 0 amide bonds. The van der Waals surface area contributed by atoms with E-state index in [1.165, 1.54) is 19.3 Å². The van der Waals surface area contributed by atoms with Gasteiger partial charge in [-0.2, -0.15) is 0 Å². The molecule has 0 bridgehead atoms. The van der Waals surface area contributed by atoms with Crippen LogP contribution in [-0.2, 0) is 9.47 Å². The van der Waals surface area contributed by atoms with Gasteiger partial charge in [0.1, 0.15) is 0 Å². The zero-order valence-electron chi connectivity index (χ0n) is 14.7. The Bertz CT molecular complexity index is 420. The van der Waals surface area contributed by atoms with E-state index < -0.39 is 0 Å². The molecule has 134 valence electrons. The molecule has 1 spiro atoms. The molecule has 0 aromatic rings. The molecule has 0 radical (unpaired) electrons. The average molecular weight is 437 g/mol. The standard InChI is InChI=1S/C17H31N3O2.HI/c1-4-21-14-11-13(17(14)8-5-9-17)20-15(18-3)19-12-16(2)7-6-10-22-16;/h13-14H,4-12H2,1-3H3,(H2,18,19,20);1H. The largest absolute Gasteiger partial charge is 0.378 e. The van der Waals surface area contributed by atoms with Gasteiger partial charge in [-0.25, -0.2) is 0 Å². The van der Waals surface area contributed by atoms with Gasteiger partial charge < -0.3 is 20.1 Å². The lowest BCUT2D eigenvalue weighted by atomic mass is 9.51. The topological polar surface area (TPSA) is 54.9 Å². The maximum Gasteiger partial charge on any atom is 0.191 e. The SMILES string of the molecule is CCOC1CC(NC(=NC)NCC2(C)CCCO2)C12CCC2.I. The minimum Gasteiger partial charge on any atom is -0.378 e. The third-order valence-electron chi connectivity index (χ3n) is 5.90. The molecule has 23 heavy (non-hydrogen) atoms. The predicted molar refractivity (Wildman–Crippen MR) is 104 cm³/mol. The Kier molecular flexibility index (Phi) is 6.58. The number of guanidine groups is 1. The highest BCUT2D eigenvalue weighted by Gasteiger charge is 2.59. The molecule has 2 N–H and O–H groups in total. The van der Waals surface area contributed by atoms with Crippen molar-refractivity contribution in [2.75, 3.05) is 26.8 Å². The summed E-state index contributed by atoms with van der Waals surface area (Å²) in [5.74, 6) is 0.906. The van der Waals surface area contributed by atoms with Crippen molar-refractivity contribution in [2.45, 2.75) is 70.1 Å². The molecule has 2 saturated carbocycles. The van der Waals surface area contributed by atoms with E-state index in [4.69, 9.17) is 9.47 Å². The van der Waals surface area contributed by atoms with E-state index in [1.807, 2.05) is 7.05 Å². The second-order valence-corrected chi connectivity index (χ2v) is 7.29. The number of halogens is 1. The molecule has 3 fully saturated rings. The van der Waals surface area contributed by atoms with E-state index >= 15 is 0 Å². The van der Waals surface area contributed by atoms with Gasteiger partial charge in [0.05, 0.1) is 11.7 Å². The molecule has 1 aliphatic heterocycles. The first kappa shape index (κ1) is 19.2. The number of nitrogens with one attached hydrogen (secondary N) is 2. The lowest BCUT2D eigenvalue weighted by molar-refractivity contribution is -0.168. The summed E-state index contributed by atoms with van der Waals surface area (Å²) in [7, 11) is 1.85. The number of nitrogens with zero attached hydrogens (tertiary/aromatic N) is 1. The van der Waals surface area contributed by atoms with E-state index in [0.29, 0.717) is 17.6 Å². The third-order valence-corrected chi connectivity index (χ3v) is 5.90. The Morgan fingerprint density at radius 2 is 2.09 bits per heavy atom. The van der Waals surface area contributed by atoms with Crippen molar-refractivity contribution in [3.63, 3.8) is 0 Å². The van der Waals surface area contributed by atoms with Crippen LogP contribution in [0.5, 0.6) is 0 Å². The minimum absolute atomic E-state index is 0. The Morgan fingerprint density at radius 1 is 1.30 bits per heavy atom. The van der Waals surface area contributed by atoms with Gasteiger partial charge in [0.25, 0.3) is 0 Å². The van der Waals surface area contributed by atoms with Crippen molar-refractivity contribution in [3.8, 4) is 0 Å². The summed E-state index contributed by atoms with van der Waals surface area (Å²) in [4.78, 5) is 4.39. The van der Waals surface area contributed by atoms with Crippen molar-refractivity contribution in [1.29, 1.82) is 0 Å². The van der Waals surface area contributed by atoms with Crippen LogP contribution in [0.15, 0.2) is 4.99 Å². The van der Waals surface area contributed by atoms with E-state index in [9.17, 15) is 0 Å². The lowest BCUT2D eigenvalue weighted by Gasteiger charge is -2.61. The maximum atomic E-state index is 5.92. The summed E-state index contributed by atoms with van der Waals surface area (Å²) in [6.07, 6.45) is 7.72. The third kappa shape index (κ3) is 3.79. The van der Waals surface area contributed by atoms with Crippen LogP contribution in [0.1, 0.15) is 52.4 Å². The summed E-state index contributed by atoms with van der Waals surface area (Å²) < 4.78 is 11.8. The van der Waals surface area contributed by atoms with Crippen molar-refractivity contribution < 1.29 is 9.47 Å². The molecule has 3 aliphatic rings. The fourth-order valence-corrected chi connectivity index (χ4v) is 4.25. The zero-order valence-corrected chi connectivity index (χ0v) is 17.0. The molecule has 3 rings (SSSR count). The van der Waals surface area contributed by atoms with Crippen LogP contribution in [0.2, 0.25) is 0 Å². The zero-order chi connectivity index (χ0) is 15.6. The van der Waals surface area contributed by atoms with Crippen molar-refractivity contribution in [1.82, 2.24) is 10.6 Å². The molecule has 3 unspecified atom stereocenters. The van der Waals surface area contributed by atoms with Gasteiger partial charge in [-0.1, -0.05) is 6.42 Å². The summed E-state index contributed by atoms with van der Waals surface area (Å²) in [6.45, 7) is 6.80. The lowest BCUT2D eigenvalue weighted by Crippen LogP contribution is -2.68. The van der Waals surface area contributed by atoms with Crippen molar-refractivity contribution in [3.05, 3.63) is 0 Å². The fourth-order valence-electron chi connectivity index (χ4n) is 4.25. The first-order chi connectivity index (χ1) is 10.6. The second kappa shape index (κ2) is 7.87. The van der Waals surface area contributed by atoms with E-state index in [-0.39, 0.29) is 29.6 Å². The first-order valence-corrected chi connectivity index (χ1v) is 8.85. The van der Waals surface area contributed by atoms with Gasteiger partial charge in [-0.15, -0.1) is 24.0 Å². The first-order valence-electron chi connectivity index (χ1n) is 8.85. The van der Waals surface area contributed by atoms with Gasteiger partial charge >= 0.3 is 0 Å². The number of hydrogen-bond donors (Lipinski definition) is 2. The highest BCUT2D eigenvalue weighted by Crippen LogP contribution is 2.57. The number of hydrogen-bond acceptors (Lipinski definition) is 3. The summed E-state index contributed by atoms with van der Waals surface area (Å²) in [5.41, 5.74) is 0.320. The van der Waals surface area contributed by atoms with Crippen LogP contribution >= 0.6 is 24.0 Å². The average Bonchev–Trinajstić information content (AvgIpc) is 2.86. The fraction of sp³-hybridized carbons (Fsp3) is 0.941. The van der Waals surface area contributed by atoms with Gasteiger partial charge in [-0.05, 0) is 46.0 Å². The summed E-state index contributed by atoms with van der Waals surface area (Å²) in [5, 5.41) is 7.09. The molecular formula is C17H32IN3O2. The molecule has 1 heterocycles. The van der Waals surface area contributed by atoms with Crippen molar-refractivity contribution in [2.24, 2.45) is 10.4 Å². The molecule has 5 nitrogen and oxygen atoms in total. The van der Waals surface area contributed by atoms with Crippen LogP contribution in [0.4, 0.5) is 0 Å². The Hall–Kier alpha value is -0.0800. The Labute approximate surface area is 157 Å². The van der Waals surface area contributed by atoms with Crippen molar-refractivity contribution >= 4 is 29.9 Å². The second-order valence-electron chi connectivity index (χ2n) is 7.29. The van der Waals surface area contributed by atoms with E-state index in [2.05, 4.69) is 29.5 Å². The van der Waals surface area contributed by atoms with Crippen LogP contribution in [0.25, 0.3) is 0 Å². The summed E-state index contributed by atoms with van der Waals surface area (Å²) in [6, 6.07) is 0.501.